The second kappa shape index (κ2) is 6.61. The fourth-order valence-electron chi connectivity index (χ4n) is 2.61. The van der Waals surface area contributed by atoms with E-state index >= 15 is 0 Å². The van der Waals surface area contributed by atoms with Crippen LogP contribution < -0.4 is 4.74 Å². The topological polar surface area (TPSA) is 66.8 Å². The largest absolute Gasteiger partial charge is 0.484 e. The third kappa shape index (κ3) is 3.97. The molecule has 0 aromatic heterocycles. The van der Waals surface area contributed by atoms with Gasteiger partial charge < -0.3 is 14.7 Å². The first-order valence-corrected chi connectivity index (χ1v) is 7.19. The molecule has 2 unspecified atom stereocenters. The number of rotatable bonds is 4. The number of carbonyl (C=O) groups excluding carboxylic acids is 1. The molecule has 0 bridgehead atoms. The van der Waals surface area contributed by atoms with Crippen LogP contribution in [0.1, 0.15) is 25.3 Å². The number of nitrogens with zero attached hydrogens (tertiary/aromatic N) is 1. The standard InChI is InChI=1S/C16H21NO4/c1-11-4-3-5-13(8-11)21-10-15(18)17-7-6-12(2)9-14(17)16(19)20/h3-5,8,12,14H,6-7,9-10H2,1-2H3,(H,19,20). The van der Waals surface area contributed by atoms with Gasteiger partial charge in [0.25, 0.3) is 5.91 Å². The van der Waals surface area contributed by atoms with Crippen LogP contribution in [-0.2, 0) is 9.59 Å². The minimum Gasteiger partial charge on any atom is -0.484 e. The summed E-state index contributed by atoms with van der Waals surface area (Å²) in [6.07, 6.45) is 1.34. The second-order valence-corrected chi connectivity index (χ2v) is 5.68. The van der Waals surface area contributed by atoms with Crippen molar-refractivity contribution >= 4 is 11.9 Å². The minimum absolute atomic E-state index is 0.123. The normalized spacial score (nSPS) is 21.9. The average molecular weight is 291 g/mol. The molecule has 2 atom stereocenters. The molecule has 1 aliphatic rings. The zero-order valence-corrected chi connectivity index (χ0v) is 12.4. The highest BCUT2D eigenvalue weighted by molar-refractivity contribution is 5.84. The zero-order chi connectivity index (χ0) is 15.4. The van der Waals surface area contributed by atoms with E-state index in [9.17, 15) is 14.7 Å². The molecule has 0 saturated carbocycles. The van der Waals surface area contributed by atoms with Crippen LogP contribution in [0.4, 0.5) is 0 Å². The van der Waals surface area contributed by atoms with Gasteiger partial charge in [-0.25, -0.2) is 4.79 Å². The summed E-state index contributed by atoms with van der Waals surface area (Å²) < 4.78 is 5.47. The lowest BCUT2D eigenvalue weighted by Crippen LogP contribution is -2.51. The Morgan fingerprint density at radius 2 is 2.19 bits per heavy atom. The number of hydrogen-bond donors (Lipinski definition) is 1. The van der Waals surface area contributed by atoms with Crippen LogP contribution in [0, 0.1) is 12.8 Å². The van der Waals surface area contributed by atoms with Crippen molar-refractivity contribution in [1.82, 2.24) is 4.90 Å². The molecular weight excluding hydrogens is 270 g/mol. The summed E-state index contributed by atoms with van der Waals surface area (Å²) in [5, 5.41) is 9.26. The zero-order valence-electron chi connectivity index (χ0n) is 12.4. The van der Waals surface area contributed by atoms with Crippen LogP contribution in [0.3, 0.4) is 0 Å². The number of aryl methyl sites for hydroxylation is 1. The lowest BCUT2D eigenvalue weighted by atomic mass is 9.92. The molecule has 0 radical (unpaired) electrons. The number of ether oxygens (including phenoxy) is 1. The first-order valence-electron chi connectivity index (χ1n) is 7.19. The number of likely N-dealkylation sites (tertiary alicyclic amines) is 1. The minimum atomic E-state index is -0.939. The number of hydrogen-bond acceptors (Lipinski definition) is 3. The predicted molar refractivity (Wildman–Crippen MR) is 78.2 cm³/mol. The Labute approximate surface area is 124 Å². The van der Waals surface area contributed by atoms with Gasteiger partial charge in [-0.3, -0.25) is 4.79 Å². The van der Waals surface area contributed by atoms with Crippen molar-refractivity contribution in [1.29, 1.82) is 0 Å². The molecule has 5 nitrogen and oxygen atoms in total. The van der Waals surface area contributed by atoms with Crippen LogP contribution in [0.2, 0.25) is 0 Å². The summed E-state index contributed by atoms with van der Waals surface area (Å²) >= 11 is 0. The van der Waals surface area contributed by atoms with Crippen molar-refractivity contribution < 1.29 is 19.4 Å². The van der Waals surface area contributed by atoms with Gasteiger partial charge in [0.05, 0.1) is 0 Å². The van der Waals surface area contributed by atoms with Gasteiger partial charge >= 0.3 is 5.97 Å². The van der Waals surface area contributed by atoms with Crippen LogP contribution >= 0.6 is 0 Å². The van der Waals surface area contributed by atoms with Gasteiger partial charge in [-0.2, -0.15) is 0 Å². The van der Waals surface area contributed by atoms with E-state index in [1.54, 1.807) is 6.07 Å². The molecule has 0 spiro atoms. The molecule has 1 fully saturated rings. The Bertz CT molecular complexity index is 529. The number of aliphatic carboxylic acids is 1. The summed E-state index contributed by atoms with van der Waals surface area (Å²) in [4.78, 5) is 24.9. The molecule has 2 rings (SSSR count). The fraction of sp³-hybridized carbons (Fsp3) is 0.500. The maximum Gasteiger partial charge on any atom is 0.326 e. The maximum atomic E-state index is 12.2. The highest BCUT2D eigenvalue weighted by Crippen LogP contribution is 2.23. The maximum absolute atomic E-state index is 12.2. The molecule has 21 heavy (non-hydrogen) atoms. The van der Waals surface area contributed by atoms with E-state index in [2.05, 4.69) is 0 Å². The SMILES string of the molecule is Cc1cccc(OCC(=O)N2CCC(C)CC2C(=O)O)c1. The summed E-state index contributed by atoms with van der Waals surface area (Å²) in [5.41, 5.74) is 1.05. The highest BCUT2D eigenvalue weighted by Gasteiger charge is 2.34. The number of piperidine rings is 1. The summed E-state index contributed by atoms with van der Waals surface area (Å²) in [6.45, 7) is 4.32. The molecule has 1 saturated heterocycles. The summed E-state index contributed by atoms with van der Waals surface area (Å²) in [5.74, 6) is -0.255. The van der Waals surface area contributed by atoms with E-state index in [0.29, 0.717) is 24.6 Å². The Hall–Kier alpha value is -2.04. The smallest absolute Gasteiger partial charge is 0.326 e. The predicted octanol–water partition coefficient (Wildman–Crippen LogP) is 2.09. The number of carboxylic acids is 1. The van der Waals surface area contributed by atoms with Crippen molar-refractivity contribution in [3.63, 3.8) is 0 Å². The summed E-state index contributed by atoms with van der Waals surface area (Å²) in [6, 6.07) is 6.70. The van der Waals surface area contributed by atoms with E-state index in [0.717, 1.165) is 12.0 Å². The average Bonchev–Trinajstić information content (AvgIpc) is 2.44. The molecule has 5 heteroatoms. The van der Waals surface area contributed by atoms with Crippen LogP contribution in [0.5, 0.6) is 5.75 Å². The van der Waals surface area contributed by atoms with Crippen LogP contribution in [0.25, 0.3) is 0 Å². The Morgan fingerprint density at radius 3 is 2.86 bits per heavy atom. The van der Waals surface area contributed by atoms with Gasteiger partial charge in [0.1, 0.15) is 11.8 Å². The molecule has 114 valence electrons. The van der Waals surface area contributed by atoms with Crippen LogP contribution in [0.15, 0.2) is 24.3 Å². The third-order valence-corrected chi connectivity index (χ3v) is 3.82. The number of benzene rings is 1. The van der Waals surface area contributed by atoms with Gasteiger partial charge in [0, 0.05) is 6.54 Å². The van der Waals surface area contributed by atoms with E-state index in [4.69, 9.17) is 4.74 Å². The van der Waals surface area contributed by atoms with Gasteiger partial charge in [-0.15, -0.1) is 0 Å². The molecule has 1 aromatic rings. The van der Waals surface area contributed by atoms with E-state index in [1.807, 2.05) is 32.0 Å². The fourth-order valence-corrected chi connectivity index (χ4v) is 2.61. The quantitative estimate of drug-likeness (QED) is 0.922. The van der Waals surface area contributed by atoms with E-state index in [-0.39, 0.29) is 12.5 Å². The number of carbonyl (C=O) groups is 2. The molecule has 1 N–H and O–H groups in total. The van der Waals surface area contributed by atoms with Gasteiger partial charge in [-0.1, -0.05) is 19.1 Å². The molecule has 1 aromatic carbocycles. The first-order chi connectivity index (χ1) is 9.97. The lowest BCUT2D eigenvalue weighted by molar-refractivity contribution is -0.153. The first kappa shape index (κ1) is 15.4. The molecule has 1 amide bonds. The number of amides is 1. The Morgan fingerprint density at radius 1 is 1.43 bits per heavy atom. The van der Waals surface area contributed by atoms with Gasteiger partial charge in [-0.05, 0) is 43.4 Å². The van der Waals surface area contributed by atoms with Crippen molar-refractivity contribution in [2.24, 2.45) is 5.92 Å². The number of carboxylic acid groups (broad SMARTS) is 1. The van der Waals surface area contributed by atoms with Gasteiger partial charge in [0.15, 0.2) is 6.61 Å². The van der Waals surface area contributed by atoms with Crippen molar-refractivity contribution in [3.8, 4) is 5.75 Å². The molecule has 1 heterocycles. The Balaban J connectivity index is 1.97. The third-order valence-electron chi connectivity index (χ3n) is 3.82. The van der Waals surface area contributed by atoms with Gasteiger partial charge in [0.2, 0.25) is 0 Å². The van der Waals surface area contributed by atoms with Crippen molar-refractivity contribution in [3.05, 3.63) is 29.8 Å². The Kier molecular flexibility index (Phi) is 4.83. The summed E-state index contributed by atoms with van der Waals surface area (Å²) in [7, 11) is 0. The lowest BCUT2D eigenvalue weighted by Gasteiger charge is -2.35. The second-order valence-electron chi connectivity index (χ2n) is 5.68. The highest BCUT2D eigenvalue weighted by atomic mass is 16.5. The van der Waals surface area contributed by atoms with Crippen molar-refractivity contribution in [2.75, 3.05) is 13.2 Å². The molecule has 1 aliphatic heterocycles. The van der Waals surface area contributed by atoms with E-state index in [1.165, 1.54) is 4.90 Å². The van der Waals surface area contributed by atoms with Crippen molar-refractivity contribution in [2.45, 2.75) is 32.7 Å². The monoisotopic (exact) mass is 291 g/mol. The molecular formula is C16H21NO4. The van der Waals surface area contributed by atoms with Crippen LogP contribution in [-0.4, -0.2) is 41.1 Å². The molecule has 0 aliphatic carbocycles. The van der Waals surface area contributed by atoms with E-state index < -0.39 is 12.0 Å².